The first-order valence-corrected chi connectivity index (χ1v) is 6.66. The number of β-amino-alcohol motifs (C(OH)–C–C–N with tert-alkyl or cyclic N) is 1. The Hall–Kier alpha value is -1.11. The number of hydrogen-bond acceptors (Lipinski definition) is 4. The first-order chi connectivity index (χ1) is 7.85. The fourth-order valence-electron chi connectivity index (χ4n) is 1.78. The molecule has 0 unspecified atom stereocenters. The highest BCUT2D eigenvalue weighted by atomic mass is 32.2. The molecule has 0 saturated carbocycles. The van der Waals surface area contributed by atoms with Gasteiger partial charge in [-0.1, -0.05) is 0 Å². The van der Waals surface area contributed by atoms with E-state index in [0.29, 0.717) is 5.75 Å². The lowest BCUT2D eigenvalue weighted by Crippen LogP contribution is -2.61. The predicted molar refractivity (Wildman–Crippen MR) is 62.4 cm³/mol. The second-order valence-corrected chi connectivity index (χ2v) is 6.38. The third-order valence-corrected chi connectivity index (χ3v) is 4.54. The molecule has 94 valence electrons. The van der Waals surface area contributed by atoms with Crippen LogP contribution >= 0.6 is 0 Å². The fourth-order valence-corrected chi connectivity index (χ4v) is 3.45. The summed E-state index contributed by atoms with van der Waals surface area (Å²) in [4.78, 5) is 0.216. The van der Waals surface area contributed by atoms with E-state index in [1.54, 1.807) is 19.1 Å². The third-order valence-electron chi connectivity index (χ3n) is 2.73. The Morgan fingerprint density at radius 2 is 1.82 bits per heavy atom. The van der Waals surface area contributed by atoms with Crippen LogP contribution in [0.1, 0.15) is 6.92 Å². The lowest BCUT2D eigenvalue weighted by molar-refractivity contribution is -0.0426. The van der Waals surface area contributed by atoms with Gasteiger partial charge in [0.1, 0.15) is 5.75 Å². The van der Waals surface area contributed by atoms with Crippen molar-refractivity contribution in [1.82, 2.24) is 4.31 Å². The Labute approximate surface area is 101 Å². The van der Waals surface area contributed by atoms with Crippen LogP contribution in [0.15, 0.2) is 29.2 Å². The van der Waals surface area contributed by atoms with Crippen LogP contribution in [0, 0.1) is 0 Å². The summed E-state index contributed by atoms with van der Waals surface area (Å²) >= 11 is 0. The summed E-state index contributed by atoms with van der Waals surface area (Å²) in [6.45, 7) is 1.90. The van der Waals surface area contributed by atoms with Crippen molar-refractivity contribution < 1.29 is 18.3 Å². The summed E-state index contributed by atoms with van der Waals surface area (Å²) in [6, 6.07) is 6.21. The van der Waals surface area contributed by atoms with Crippen LogP contribution in [0.5, 0.6) is 5.75 Å². The van der Waals surface area contributed by atoms with Crippen molar-refractivity contribution in [3.05, 3.63) is 24.3 Å². The van der Waals surface area contributed by atoms with Crippen molar-refractivity contribution in [1.29, 1.82) is 0 Å². The summed E-state index contributed by atoms with van der Waals surface area (Å²) in [5.41, 5.74) is -0.903. The molecule has 0 atom stereocenters. The smallest absolute Gasteiger partial charge is 0.243 e. The lowest BCUT2D eigenvalue weighted by Gasteiger charge is -2.42. The molecule has 0 radical (unpaired) electrons. The standard InChI is InChI=1S/C11H15NO4S/c1-11(13)7-12(8-11)17(14,15)10-5-3-9(16-2)4-6-10/h3-6,13H,7-8H2,1-2H3. The van der Waals surface area contributed by atoms with Crippen molar-refractivity contribution in [3.8, 4) is 5.75 Å². The highest BCUT2D eigenvalue weighted by Crippen LogP contribution is 2.28. The molecule has 0 bridgehead atoms. The van der Waals surface area contributed by atoms with Crippen LogP contribution in [0.4, 0.5) is 0 Å². The molecule has 6 heteroatoms. The van der Waals surface area contributed by atoms with E-state index in [1.165, 1.54) is 23.5 Å². The molecule has 1 heterocycles. The molecule has 1 fully saturated rings. The van der Waals surface area contributed by atoms with Gasteiger partial charge in [0.15, 0.2) is 0 Å². The molecule has 17 heavy (non-hydrogen) atoms. The first kappa shape index (κ1) is 12.3. The molecule has 5 nitrogen and oxygen atoms in total. The maximum Gasteiger partial charge on any atom is 0.243 e. The van der Waals surface area contributed by atoms with E-state index >= 15 is 0 Å². The van der Waals surface area contributed by atoms with Gasteiger partial charge in [-0.05, 0) is 31.2 Å². The van der Waals surface area contributed by atoms with Gasteiger partial charge in [0, 0.05) is 13.1 Å². The van der Waals surface area contributed by atoms with E-state index in [-0.39, 0.29) is 18.0 Å². The Bertz CT molecular complexity index is 499. The molecule has 0 aromatic heterocycles. The molecule has 1 aromatic rings. The molecule has 1 saturated heterocycles. The van der Waals surface area contributed by atoms with Gasteiger partial charge in [-0.2, -0.15) is 4.31 Å². The van der Waals surface area contributed by atoms with Gasteiger partial charge in [-0.15, -0.1) is 0 Å². The monoisotopic (exact) mass is 257 g/mol. The molecule has 0 aliphatic carbocycles. The Morgan fingerprint density at radius 3 is 2.24 bits per heavy atom. The molecular weight excluding hydrogens is 242 g/mol. The molecule has 2 rings (SSSR count). The highest BCUT2D eigenvalue weighted by molar-refractivity contribution is 7.89. The zero-order valence-corrected chi connectivity index (χ0v) is 10.6. The van der Waals surface area contributed by atoms with Gasteiger partial charge in [0.05, 0.1) is 17.6 Å². The molecule has 1 aromatic carbocycles. The number of rotatable bonds is 3. The number of hydrogen-bond donors (Lipinski definition) is 1. The van der Waals surface area contributed by atoms with Crippen molar-refractivity contribution >= 4 is 10.0 Å². The summed E-state index contributed by atoms with van der Waals surface area (Å²) in [5.74, 6) is 0.611. The van der Waals surface area contributed by atoms with Crippen LogP contribution in [0.3, 0.4) is 0 Å². The maximum absolute atomic E-state index is 12.1. The second kappa shape index (κ2) is 3.97. The maximum atomic E-state index is 12.1. The fraction of sp³-hybridized carbons (Fsp3) is 0.455. The largest absolute Gasteiger partial charge is 0.497 e. The molecular formula is C11H15NO4S. The van der Waals surface area contributed by atoms with Gasteiger partial charge in [-0.25, -0.2) is 8.42 Å². The summed E-state index contributed by atoms with van der Waals surface area (Å²) in [7, 11) is -1.96. The number of benzene rings is 1. The van der Waals surface area contributed by atoms with Crippen LogP contribution in [0.2, 0.25) is 0 Å². The van der Waals surface area contributed by atoms with E-state index in [4.69, 9.17) is 4.74 Å². The molecule has 1 aliphatic heterocycles. The molecule has 1 N–H and O–H groups in total. The van der Waals surface area contributed by atoms with Gasteiger partial charge in [-0.3, -0.25) is 0 Å². The summed E-state index contributed by atoms with van der Waals surface area (Å²) in [6.07, 6.45) is 0. The highest BCUT2D eigenvalue weighted by Gasteiger charge is 2.43. The van der Waals surface area contributed by atoms with E-state index in [1.807, 2.05) is 0 Å². The number of nitrogens with zero attached hydrogens (tertiary/aromatic N) is 1. The van der Waals surface area contributed by atoms with Crippen molar-refractivity contribution in [2.45, 2.75) is 17.4 Å². The predicted octanol–water partition coefficient (Wildman–Crippen LogP) is 0.450. The van der Waals surface area contributed by atoms with Gasteiger partial charge in [0.25, 0.3) is 0 Å². The number of aliphatic hydroxyl groups is 1. The minimum Gasteiger partial charge on any atom is -0.497 e. The average Bonchev–Trinajstić information content (AvgIpc) is 2.26. The van der Waals surface area contributed by atoms with Gasteiger partial charge < -0.3 is 9.84 Å². The minimum absolute atomic E-state index is 0.140. The van der Waals surface area contributed by atoms with E-state index in [0.717, 1.165) is 0 Å². The van der Waals surface area contributed by atoms with E-state index in [2.05, 4.69) is 0 Å². The summed E-state index contributed by atoms with van der Waals surface area (Å²) in [5, 5.41) is 9.55. The van der Waals surface area contributed by atoms with Crippen molar-refractivity contribution in [2.24, 2.45) is 0 Å². The Balaban J connectivity index is 2.21. The molecule has 1 aliphatic rings. The zero-order chi connectivity index (χ0) is 12.7. The third kappa shape index (κ3) is 2.29. The van der Waals surface area contributed by atoms with Gasteiger partial charge in [0.2, 0.25) is 10.0 Å². The quantitative estimate of drug-likeness (QED) is 0.853. The normalized spacial score (nSPS) is 19.7. The number of ether oxygens (including phenoxy) is 1. The molecule has 0 spiro atoms. The van der Waals surface area contributed by atoms with E-state index < -0.39 is 15.6 Å². The first-order valence-electron chi connectivity index (χ1n) is 5.22. The van der Waals surface area contributed by atoms with Crippen LogP contribution in [0.25, 0.3) is 0 Å². The lowest BCUT2D eigenvalue weighted by atomic mass is 10.0. The van der Waals surface area contributed by atoms with Crippen LogP contribution < -0.4 is 4.74 Å². The van der Waals surface area contributed by atoms with Crippen molar-refractivity contribution in [3.63, 3.8) is 0 Å². The van der Waals surface area contributed by atoms with Crippen LogP contribution in [-0.2, 0) is 10.0 Å². The second-order valence-electron chi connectivity index (χ2n) is 4.45. The number of sulfonamides is 1. The zero-order valence-electron chi connectivity index (χ0n) is 9.75. The minimum atomic E-state index is -3.48. The SMILES string of the molecule is COc1ccc(S(=O)(=O)N2CC(C)(O)C2)cc1. The summed E-state index contributed by atoms with van der Waals surface area (Å²) < 4.78 is 30.4. The topological polar surface area (TPSA) is 66.8 Å². The Morgan fingerprint density at radius 1 is 1.29 bits per heavy atom. The number of methoxy groups -OCH3 is 1. The van der Waals surface area contributed by atoms with Gasteiger partial charge >= 0.3 is 0 Å². The van der Waals surface area contributed by atoms with E-state index in [9.17, 15) is 13.5 Å². The van der Waals surface area contributed by atoms with Crippen LogP contribution in [-0.4, -0.2) is 43.6 Å². The average molecular weight is 257 g/mol. The van der Waals surface area contributed by atoms with Crippen molar-refractivity contribution in [2.75, 3.05) is 20.2 Å². The molecule has 0 amide bonds. The Kier molecular flexibility index (Phi) is 2.89.